The second-order valence-corrected chi connectivity index (χ2v) is 14.5. The Morgan fingerprint density at radius 3 is 2.06 bits per heavy atom. The maximum absolute atomic E-state index is 14.5. The summed E-state index contributed by atoms with van der Waals surface area (Å²) in [7, 11) is 0. The molecule has 0 bridgehead atoms. The second kappa shape index (κ2) is 18.6. The number of unbranched alkanes of at least 4 members (excludes halogenated alkanes) is 11. The van der Waals surface area contributed by atoms with Gasteiger partial charge in [0.15, 0.2) is 11.6 Å². The predicted molar refractivity (Wildman–Crippen MR) is 209 cm³/mol. The van der Waals surface area contributed by atoms with Crippen LogP contribution in [0.2, 0.25) is 0 Å². The lowest BCUT2D eigenvalue weighted by Gasteiger charge is -2.26. The number of rotatable bonds is 19. The van der Waals surface area contributed by atoms with Crippen LogP contribution in [-0.2, 0) is 19.1 Å². The number of nitrogens with one attached hydrogen (secondary N) is 1. The molecule has 3 amide bonds. The number of benzene rings is 3. The lowest BCUT2D eigenvalue weighted by molar-refractivity contribution is -0.139. The maximum atomic E-state index is 14.5. The van der Waals surface area contributed by atoms with E-state index in [0.29, 0.717) is 16.2 Å². The number of hydrogen-bond donors (Lipinski definition) is 1. The molecule has 286 valence electrons. The summed E-state index contributed by atoms with van der Waals surface area (Å²) < 4.78 is 12.2. The number of para-hydroxylation sites is 2. The molecule has 11 heteroatoms. The highest BCUT2D eigenvalue weighted by molar-refractivity contribution is 6.08. The fourth-order valence-electron chi connectivity index (χ4n) is 6.69. The Bertz CT molecular complexity index is 2010. The molecule has 0 saturated carbocycles. The van der Waals surface area contributed by atoms with Crippen LogP contribution >= 0.6 is 0 Å². The van der Waals surface area contributed by atoms with Crippen molar-refractivity contribution in [2.75, 3.05) is 11.9 Å². The average molecular weight is 737 g/mol. The minimum absolute atomic E-state index is 0.166. The van der Waals surface area contributed by atoms with Gasteiger partial charge < -0.3 is 14.8 Å². The number of imide groups is 1. The summed E-state index contributed by atoms with van der Waals surface area (Å²) >= 11 is 0. The summed E-state index contributed by atoms with van der Waals surface area (Å²) in [6.07, 6.45) is 13.4. The number of esters is 1. The molecule has 1 unspecified atom stereocenters. The van der Waals surface area contributed by atoms with Crippen molar-refractivity contribution < 1.29 is 28.7 Å². The van der Waals surface area contributed by atoms with Crippen LogP contribution < -0.4 is 10.9 Å². The standard InChI is InChI=1S/C43H52N4O7/c1-5-6-7-8-9-10-11-12-13-14-15-21-28-53-40(50)31-27-26-30(2)35(29-31)45-38(48)36(47-41(51)43(3,4)54-42(47)52)37-44-34-25-20-19-24-33(34)39(49)46(37)32-22-17-16-18-23-32/h16-20,22-27,29,36H,5-15,21,28H2,1-4H3,(H,45,48). The van der Waals surface area contributed by atoms with Gasteiger partial charge in [0.25, 0.3) is 17.4 Å². The molecule has 5 rings (SSSR count). The van der Waals surface area contributed by atoms with Crippen molar-refractivity contribution in [2.24, 2.45) is 0 Å². The molecule has 3 aromatic carbocycles. The van der Waals surface area contributed by atoms with E-state index in [1.165, 1.54) is 82.3 Å². The molecular weight excluding hydrogens is 684 g/mol. The van der Waals surface area contributed by atoms with Crippen molar-refractivity contribution in [2.45, 2.75) is 116 Å². The molecule has 1 fully saturated rings. The van der Waals surface area contributed by atoms with Crippen molar-refractivity contribution in [3.05, 3.63) is 100 Å². The highest BCUT2D eigenvalue weighted by atomic mass is 16.6. The van der Waals surface area contributed by atoms with Crippen LogP contribution in [0.3, 0.4) is 0 Å². The van der Waals surface area contributed by atoms with Gasteiger partial charge >= 0.3 is 12.1 Å². The van der Waals surface area contributed by atoms with Gasteiger partial charge in [0, 0.05) is 5.69 Å². The SMILES string of the molecule is CCCCCCCCCCCCCCOC(=O)c1ccc(C)c(NC(=O)C(c2nc3ccccc3c(=O)n2-c2ccccc2)N2C(=O)OC(C)(C)C2=O)c1. The van der Waals surface area contributed by atoms with Gasteiger partial charge in [-0.3, -0.25) is 19.0 Å². The first-order valence-electron chi connectivity index (χ1n) is 19.3. The number of ether oxygens (including phenoxy) is 2. The van der Waals surface area contributed by atoms with E-state index in [9.17, 15) is 24.0 Å². The van der Waals surface area contributed by atoms with Gasteiger partial charge in [-0.15, -0.1) is 0 Å². The monoisotopic (exact) mass is 736 g/mol. The number of carbonyl (C=O) groups excluding carboxylic acids is 4. The number of nitrogens with zero attached hydrogens (tertiary/aromatic N) is 3. The number of aromatic nitrogens is 2. The maximum Gasteiger partial charge on any atom is 0.418 e. The predicted octanol–water partition coefficient (Wildman–Crippen LogP) is 8.99. The average Bonchev–Trinajstić information content (AvgIpc) is 3.36. The normalized spacial score (nSPS) is 14.3. The van der Waals surface area contributed by atoms with E-state index in [4.69, 9.17) is 14.5 Å². The third kappa shape index (κ3) is 9.61. The van der Waals surface area contributed by atoms with Gasteiger partial charge in [-0.05, 0) is 69.2 Å². The minimum atomic E-state index is -1.73. The van der Waals surface area contributed by atoms with Crippen molar-refractivity contribution in [1.29, 1.82) is 0 Å². The summed E-state index contributed by atoms with van der Waals surface area (Å²) in [5.74, 6) is -2.31. The largest absolute Gasteiger partial charge is 0.462 e. The highest BCUT2D eigenvalue weighted by Crippen LogP contribution is 2.34. The van der Waals surface area contributed by atoms with Crippen molar-refractivity contribution in [1.82, 2.24) is 14.5 Å². The van der Waals surface area contributed by atoms with Gasteiger partial charge in [-0.25, -0.2) is 19.5 Å². The number of cyclic esters (lactones) is 1. The summed E-state index contributed by atoms with van der Waals surface area (Å²) in [6.45, 7) is 7.13. The van der Waals surface area contributed by atoms with E-state index in [1.807, 2.05) is 0 Å². The summed E-state index contributed by atoms with van der Waals surface area (Å²) in [4.78, 5) is 74.1. The van der Waals surface area contributed by atoms with E-state index < -0.39 is 41.1 Å². The third-order valence-electron chi connectivity index (χ3n) is 9.80. The number of fused-ring (bicyclic) bond motifs is 1. The van der Waals surface area contributed by atoms with Crippen LogP contribution in [0.4, 0.5) is 10.5 Å². The van der Waals surface area contributed by atoms with Gasteiger partial charge in [-0.2, -0.15) is 0 Å². The zero-order valence-corrected chi connectivity index (χ0v) is 31.9. The molecular formula is C43H52N4O7. The first-order valence-corrected chi connectivity index (χ1v) is 19.3. The van der Waals surface area contributed by atoms with Crippen LogP contribution in [0, 0.1) is 6.92 Å². The summed E-state index contributed by atoms with van der Waals surface area (Å²) in [5, 5.41) is 3.09. The molecule has 1 aromatic heterocycles. The Kier molecular flexibility index (Phi) is 13.8. The summed E-state index contributed by atoms with van der Waals surface area (Å²) in [6, 6.07) is 18.3. The highest BCUT2D eigenvalue weighted by Gasteiger charge is 2.53. The van der Waals surface area contributed by atoms with Gasteiger partial charge in [0.1, 0.15) is 5.82 Å². The Balaban J connectivity index is 1.32. The van der Waals surface area contributed by atoms with Crippen LogP contribution in [0.5, 0.6) is 0 Å². The smallest absolute Gasteiger partial charge is 0.418 e. The van der Waals surface area contributed by atoms with E-state index >= 15 is 0 Å². The molecule has 1 atom stereocenters. The number of aryl methyl sites for hydroxylation is 1. The van der Waals surface area contributed by atoms with Crippen LogP contribution in [0.25, 0.3) is 16.6 Å². The van der Waals surface area contributed by atoms with E-state index in [-0.39, 0.29) is 34.6 Å². The Labute approximate surface area is 317 Å². The Hall–Kier alpha value is -5.32. The first kappa shape index (κ1) is 39.9. The van der Waals surface area contributed by atoms with Crippen LogP contribution in [0.1, 0.15) is 126 Å². The molecule has 0 aliphatic carbocycles. The number of anilines is 1. The molecule has 2 heterocycles. The number of hydrogen-bond acceptors (Lipinski definition) is 8. The van der Waals surface area contributed by atoms with Gasteiger partial charge in [-0.1, -0.05) is 114 Å². The number of carbonyl (C=O) groups is 4. The Morgan fingerprint density at radius 2 is 1.43 bits per heavy atom. The second-order valence-electron chi connectivity index (χ2n) is 14.5. The van der Waals surface area contributed by atoms with E-state index in [2.05, 4.69) is 12.2 Å². The van der Waals surface area contributed by atoms with E-state index in [0.717, 1.165) is 19.3 Å². The Morgan fingerprint density at radius 1 is 0.815 bits per heavy atom. The third-order valence-corrected chi connectivity index (χ3v) is 9.80. The molecule has 1 aliphatic rings. The van der Waals surface area contributed by atoms with Crippen LogP contribution in [0.15, 0.2) is 77.6 Å². The van der Waals surface area contributed by atoms with Crippen LogP contribution in [-0.4, -0.2) is 50.5 Å². The fourth-order valence-corrected chi connectivity index (χ4v) is 6.69. The van der Waals surface area contributed by atoms with Gasteiger partial charge in [0.05, 0.1) is 28.8 Å². The zero-order valence-electron chi connectivity index (χ0n) is 31.9. The summed E-state index contributed by atoms with van der Waals surface area (Å²) in [5.41, 5.74) is -0.308. The fraction of sp³-hybridized carbons (Fsp3) is 0.442. The minimum Gasteiger partial charge on any atom is -0.462 e. The molecule has 54 heavy (non-hydrogen) atoms. The molecule has 1 N–H and O–H groups in total. The molecule has 1 saturated heterocycles. The molecule has 11 nitrogen and oxygen atoms in total. The van der Waals surface area contributed by atoms with Crippen molar-refractivity contribution >= 4 is 40.5 Å². The van der Waals surface area contributed by atoms with Crippen molar-refractivity contribution in [3.63, 3.8) is 0 Å². The van der Waals surface area contributed by atoms with E-state index in [1.54, 1.807) is 73.7 Å². The number of amides is 3. The topological polar surface area (TPSA) is 137 Å². The molecule has 0 radical (unpaired) electrons. The molecule has 0 spiro atoms. The zero-order chi connectivity index (χ0) is 38.7. The molecule has 4 aromatic rings. The first-order chi connectivity index (χ1) is 26.0. The molecule has 1 aliphatic heterocycles. The lowest BCUT2D eigenvalue weighted by Crippen LogP contribution is -2.46. The lowest BCUT2D eigenvalue weighted by atomic mass is 10.1. The van der Waals surface area contributed by atoms with Crippen molar-refractivity contribution in [3.8, 4) is 5.69 Å². The van der Waals surface area contributed by atoms with Gasteiger partial charge in [0.2, 0.25) is 0 Å². The quantitative estimate of drug-likeness (QED) is 0.0744.